The van der Waals surface area contributed by atoms with E-state index >= 15 is 0 Å². The zero-order valence-corrected chi connectivity index (χ0v) is 16.8. The van der Waals surface area contributed by atoms with Gasteiger partial charge in [0.1, 0.15) is 15.0 Å². The summed E-state index contributed by atoms with van der Waals surface area (Å²) in [4.78, 5) is 24.6. The Bertz CT molecular complexity index is 807. The first-order valence-corrected chi connectivity index (χ1v) is 10.7. The van der Waals surface area contributed by atoms with Crippen molar-refractivity contribution in [3.05, 3.63) is 26.6 Å². The van der Waals surface area contributed by atoms with Crippen LogP contribution in [0.5, 0.6) is 0 Å². The van der Waals surface area contributed by atoms with Crippen LogP contribution in [0.15, 0.2) is 4.79 Å². The fourth-order valence-corrected chi connectivity index (χ4v) is 5.84. The Morgan fingerprint density at radius 1 is 1.46 bits per heavy atom. The molecule has 1 N–H and O–H groups in total. The van der Waals surface area contributed by atoms with Gasteiger partial charge in [-0.05, 0) is 44.6 Å². The number of fused-ring (bicyclic) bond motifs is 3. The molecule has 2 aromatic rings. The third kappa shape index (κ3) is 3.53. The molecule has 0 saturated carbocycles. The van der Waals surface area contributed by atoms with Crippen molar-refractivity contribution in [3.63, 3.8) is 0 Å². The van der Waals surface area contributed by atoms with Gasteiger partial charge in [-0.1, -0.05) is 30.9 Å². The maximum atomic E-state index is 12.6. The van der Waals surface area contributed by atoms with Gasteiger partial charge in [-0.15, -0.1) is 11.3 Å². The van der Waals surface area contributed by atoms with Crippen molar-refractivity contribution in [2.75, 3.05) is 13.1 Å². The maximum Gasteiger partial charge on any atom is 0.259 e. The van der Waals surface area contributed by atoms with Crippen LogP contribution in [-0.2, 0) is 18.6 Å². The lowest BCUT2D eigenvalue weighted by Crippen LogP contribution is -2.26. The summed E-state index contributed by atoms with van der Waals surface area (Å²) in [6, 6.07) is 0. The second-order valence-electron chi connectivity index (χ2n) is 6.27. The molecular weight excluding hydrogens is 358 g/mol. The van der Waals surface area contributed by atoms with E-state index < -0.39 is 0 Å². The highest BCUT2D eigenvalue weighted by molar-refractivity contribution is 8.22. The highest BCUT2D eigenvalue weighted by atomic mass is 32.2. The standard InChI is InChI=1S/C17H23N3OS3/c1-4-20(5-2)17(22)23-9-13-18-15(21)14-11-7-6-10(3)8-12(11)24-16(14)19-13/h10H,4-9H2,1-3H3,(H,18,19,21)/t10-/m0/s1. The summed E-state index contributed by atoms with van der Waals surface area (Å²) >= 11 is 8.72. The summed E-state index contributed by atoms with van der Waals surface area (Å²) in [6.45, 7) is 8.28. The number of hydrogen-bond acceptors (Lipinski definition) is 5. The molecule has 1 aliphatic carbocycles. The van der Waals surface area contributed by atoms with Crippen molar-refractivity contribution in [2.24, 2.45) is 5.92 Å². The van der Waals surface area contributed by atoms with Gasteiger partial charge < -0.3 is 9.88 Å². The summed E-state index contributed by atoms with van der Waals surface area (Å²) < 4.78 is 0.863. The lowest BCUT2D eigenvalue weighted by molar-refractivity contribution is 0.482. The first-order chi connectivity index (χ1) is 11.5. The summed E-state index contributed by atoms with van der Waals surface area (Å²) in [6.07, 6.45) is 3.24. The lowest BCUT2D eigenvalue weighted by Gasteiger charge is -2.20. The van der Waals surface area contributed by atoms with Gasteiger partial charge in [0.25, 0.3) is 5.56 Å². The smallest absolute Gasteiger partial charge is 0.259 e. The number of thiophene rings is 1. The second-order valence-corrected chi connectivity index (χ2v) is 8.96. The van der Waals surface area contributed by atoms with E-state index in [2.05, 4.69) is 30.7 Å². The highest BCUT2D eigenvalue weighted by Crippen LogP contribution is 2.35. The number of nitrogens with one attached hydrogen (secondary N) is 1. The Kier molecular flexibility index (Phi) is 5.62. The first kappa shape index (κ1) is 17.9. The summed E-state index contributed by atoms with van der Waals surface area (Å²) in [5.41, 5.74) is 1.25. The van der Waals surface area contributed by atoms with Crippen LogP contribution < -0.4 is 5.56 Å². The number of aromatic amines is 1. The van der Waals surface area contributed by atoms with Crippen LogP contribution in [0.3, 0.4) is 0 Å². The molecule has 24 heavy (non-hydrogen) atoms. The Hall–Kier alpha value is -0.920. The largest absolute Gasteiger partial charge is 0.358 e. The van der Waals surface area contributed by atoms with Crippen LogP contribution in [0.25, 0.3) is 10.2 Å². The molecule has 2 aromatic heterocycles. The van der Waals surface area contributed by atoms with Crippen molar-refractivity contribution in [1.82, 2.24) is 14.9 Å². The van der Waals surface area contributed by atoms with Gasteiger partial charge in [0.2, 0.25) is 0 Å². The number of hydrogen-bond donors (Lipinski definition) is 1. The molecule has 3 rings (SSSR count). The Balaban J connectivity index is 1.84. The minimum absolute atomic E-state index is 0.0106. The fraction of sp³-hybridized carbons (Fsp3) is 0.588. The molecule has 130 valence electrons. The van der Waals surface area contributed by atoms with E-state index in [1.54, 1.807) is 23.1 Å². The predicted octanol–water partition coefficient (Wildman–Crippen LogP) is 3.97. The molecule has 7 heteroatoms. The maximum absolute atomic E-state index is 12.6. The summed E-state index contributed by atoms with van der Waals surface area (Å²) in [7, 11) is 0. The van der Waals surface area contributed by atoms with Crippen LogP contribution in [-0.4, -0.2) is 32.3 Å². The molecule has 0 saturated heterocycles. The van der Waals surface area contributed by atoms with Crippen molar-refractivity contribution < 1.29 is 0 Å². The molecule has 2 heterocycles. The van der Waals surface area contributed by atoms with Gasteiger partial charge in [-0.2, -0.15) is 0 Å². The molecule has 0 bridgehead atoms. The SMILES string of the molecule is CCN(CC)C(=S)SCc1nc2sc3c(c2c(=O)[nH]1)CC[C@H](C)C3. The van der Waals surface area contributed by atoms with Crippen molar-refractivity contribution in [1.29, 1.82) is 0 Å². The number of aromatic nitrogens is 2. The van der Waals surface area contributed by atoms with Gasteiger partial charge in [0.05, 0.1) is 11.1 Å². The van der Waals surface area contributed by atoms with E-state index in [1.165, 1.54) is 10.4 Å². The third-order valence-corrected chi connectivity index (χ3v) is 7.25. The van der Waals surface area contributed by atoms with Crippen molar-refractivity contribution in [3.8, 4) is 0 Å². The zero-order chi connectivity index (χ0) is 17.3. The van der Waals surface area contributed by atoms with Crippen LogP contribution in [0, 0.1) is 5.92 Å². The van der Waals surface area contributed by atoms with Crippen molar-refractivity contribution in [2.45, 2.75) is 45.8 Å². The molecule has 0 aromatic carbocycles. The Morgan fingerprint density at radius 2 is 2.21 bits per heavy atom. The predicted molar refractivity (Wildman–Crippen MR) is 108 cm³/mol. The Morgan fingerprint density at radius 3 is 2.92 bits per heavy atom. The molecule has 1 aliphatic rings. The minimum atomic E-state index is 0.0106. The van der Waals surface area contributed by atoms with Crippen molar-refractivity contribution >= 4 is 49.9 Å². The third-order valence-electron chi connectivity index (χ3n) is 4.57. The number of nitrogens with zero attached hydrogens (tertiary/aromatic N) is 2. The van der Waals surface area contributed by atoms with Crippen LogP contribution in [0.4, 0.5) is 0 Å². The topological polar surface area (TPSA) is 49.0 Å². The van der Waals surface area contributed by atoms with Crippen LogP contribution >= 0.6 is 35.3 Å². The molecule has 0 aliphatic heterocycles. The molecule has 0 fully saturated rings. The number of rotatable bonds is 4. The molecule has 0 unspecified atom stereocenters. The molecular formula is C17H23N3OS3. The average molecular weight is 382 g/mol. The minimum Gasteiger partial charge on any atom is -0.358 e. The van der Waals surface area contributed by atoms with E-state index in [0.29, 0.717) is 11.7 Å². The normalized spacial score (nSPS) is 17.0. The average Bonchev–Trinajstić information content (AvgIpc) is 2.91. The van der Waals surface area contributed by atoms with Gasteiger partial charge in [-0.25, -0.2) is 4.98 Å². The van der Waals surface area contributed by atoms with E-state index in [1.807, 2.05) is 0 Å². The van der Waals surface area contributed by atoms with E-state index in [4.69, 9.17) is 17.2 Å². The zero-order valence-electron chi connectivity index (χ0n) is 14.3. The molecule has 1 atom stereocenters. The van der Waals surface area contributed by atoms with E-state index in [9.17, 15) is 4.79 Å². The quantitative estimate of drug-likeness (QED) is 0.812. The van der Waals surface area contributed by atoms with Crippen LogP contribution in [0.2, 0.25) is 0 Å². The van der Waals surface area contributed by atoms with E-state index in [-0.39, 0.29) is 5.56 Å². The number of H-pyrrole nitrogens is 1. The van der Waals surface area contributed by atoms with Gasteiger partial charge in [0, 0.05) is 18.0 Å². The van der Waals surface area contributed by atoms with E-state index in [0.717, 1.165) is 52.7 Å². The van der Waals surface area contributed by atoms with Crippen LogP contribution in [0.1, 0.15) is 43.5 Å². The molecule has 0 radical (unpaired) electrons. The molecule has 0 spiro atoms. The summed E-state index contributed by atoms with van der Waals surface area (Å²) in [5, 5.41) is 0.821. The lowest BCUT2D eigenvalue weighted by atomic mass is 9.89. The van der Waals surface area contributed by atoms with Gasteiger partial charge >= 0.3 is 0 Å². The number of thiocarbonyl (C=S) groups is 1. The molecule has 0 amide bonds. The summed E-state index contributed by atoms with van der Waals surface area (Å²) in [5.74, 6) is 2.03. The molecule has 4 nitrogen and oxygen atoms in total. The monoisotopic (exact) mass is 381 g/mol. The first-order valence-electron chi connectivity index (χ1n) is 8.48. The highest BCUT2D eigenvalue weighted by Gasteiger charge is 2.23. The van der Waals surface area contributed by atoms with Gasteiger partial charge in [0.15, 0.2) is 0 Å². The second kappa shape index (κ2) is 7.54. The number of thioether (sulfide) groups is 1. The fourth-order valence-electron chi connectivity index (χ4n) is 3.16. The number of aryl methyl sites for hydroxylation is 1. The van der Waals surface area contributed by atoms with Gasteiger partial charge in [-0.3, -0.25) is 4.79 Å². The Labute approximate surface area is 156 Å².